The number of aromatic nitrogens is 2. The van der Waals surface area contributed by atoms with Crippen LogP contribution >= 0.6 is 24.0 Å². The normalized spacial score (nSPS) is 15.4. The van der Waals surface area contributed by atoms with Crippen LogP contribution in [-0.4, -0.2) is 66.9 Å². The Labute approximate surface area is 203 Å². The summed E-state index contributed by atoms with van der Waals surface area (Å²) in [7, 11) is -1.74. The molecule has 0 spiro atoms. The maximum atomic E-state index is 12.6. The first-order valence-electron chi connectivity index (χ1n) is 9.87. The van der Waals surface area contributed by atoms with Gasteiger partial charge in [-0.2, -0.15) is 4.31 Å². The molecular weight excluding hydrogens is 547 g/mol. The van der Waals surface area contributed by atoms with Gasteiger partial charge in [0.25, 0.3) is 0 Å². The van der Waals surface area contributed by atoms with Crippen LogP contribution in [0.1, 0.15) is 11.4 Å². The Balaban J connectivity index is 0.00000289. The minimum atomic E-state index is -3.44. The summed E-state index contributed by atoms with van der Waals surface area (Å²) >= 11 is 0. The van der Waals surface area contributed by atoms with Crippen molar-refractivity contribution in [3.05, 3.63) is 60.3 Å². The van der Waals surface area contributed by atoms with E-state index in [2.05, 4.69) is 20.4 Å². The number of oxazole rings is 1. The van der Waals surface area contributed by atoms with Crippen molar-refractivity contribution in [1.29, 1.82) is 0 Å². The topological polar surface area (TPSA) is 117 Å². The number of halogens is 1. The number of benzene rings is 1. The molecule has 0 radical (unpaired) electrons. The second kappa shape index (κ2) is 10.9. The van der Waals surface area contributed by atoms with Gasteiger partial charge in [0.1, 0.15) is 18.3 Å². The summed E-state index contributed by atoms with van der Waals surface area (Å²) in [4.78, 5) is 10.9. The van der Waals surface area contributed by atoms with E-state index in [-0.39, 0.29) is 29.7 Å². The standard InChI is InChI=1S/C20H24N6O4S.HI/c1-21-20(22-13-18-14-29-19(23-18)16-5-3-2-4-6-16)25-8-10-26(11-9-25)31(27,28)15-17-7-12-30-24-17;/h2-7,12,14H,8-11,13,15H2,1H3,(H,21,22);1H. The number of sulfonamides is 1. The zero-order valence-corrected chi connectivity index (χ0v) is 20.7. The lowest BCUT2D eigenvalue weighted by Gasteiger charge is -2.35. The quantitative estimate of drug-likeness (QED) is 0.272. The molecule has 32 heavy (non-hydrogen) atoms. The van der Waals surface area contributed by atoms with Gasteiger partial charge in [-0.1, -0.05) is 23.4 Å². The third kappa shape index (κ3) is 5.86. The molecule has 0 bridgehead atoms. The Morgan fingerprint density at radius 1 is 1.12 bits per heavy atom. The SMILES string of the molecule is CN=C(NCc1coc(-c2ccccc2)n1)N1CCN(S(=O)(=O)Cc2ccon2)CC1.I. The van der Waals surface area contributed by atoms with Gasteiger partial charge in [-0.3, -0.25) is 4.99 Å². The molecule has 3 heterocycles. The monoisotopic (exact) mass is 572 g/mol. The lowest BCUT2D eigenvalue weighted by atomic mass is 10.2. The molecule has 172 valence electrons. The molecule has 0 atom stereocenters. The lowest BCUT2D eigenvalue weighted by molar-refractivity contribution is 0.259. The molecule has 1 aliphatic heterocycles. The molecule has 0 unspecified atom stereocenters. The van der Waals surface area contributed by atoms with Crippen molar-refractivity contribution in [2.45, 2.75) is 12.3 Å². The summed E-state index contributed by atoms with van der Waals surface area (Å²) in [6.45, 7) is 2.28. The Morgan fingerprint density at radius 2 is 1.88 bits per heavy atom. The lowest BCUT2D eigenvalue weighted by Crippen LogP contribution is -2.53. The van der Waals surface area contributed by atoms with Crippen LogP contribution in [0.5, 0.6) is 0 Å². The van der Waals surface area contributed by atoms with Crippen molar-refractivity contribution in [2.24, 2.45) is 4.99 Å². The maximum absolute atomic E-state index is 12.6. The van der Waals surface area contributed by atoms with Gasteiger partial charge in [-0.15, -0.1) is 24.0 Å². The van der Waals surface area contributed by atoms with Gasteiger partial charge in [0.05, 0.1) is 17.9 Å². The third-order valence-electron chi connectivity index (χ3n) is 4.97. The number of hydrogen-bond donors (Lipinski definition) is 1. The highest BCUT2D eigenvalue weighted by atomic mass is 127. The zero-order valence-electron chi connectivity index (χ0n) is 17.5. The van der Waals surface area contributed by atoms with Gasteiger partial charge in [0.15, 0.2) is 5.96 Å². The van der Waals surface area contributed by atoms with Gasteiger partial charge in [0.2, 0.25) is 15.9 Å². The fraction of sp³-hybridized carbons (Fsp3) is 0.350. The second-order valence-electron chi connectivity index (χ2n) is 7.04. The average Bonchev–Trinajstić information content (AvgIpc) is 3.47. The molecule has 2 aromatic heterocycles. The highest BCUT2D eigenvalue weighted by Gasteiger charge is 2.29. The summed E-state index contributed by atoms with van der Waals surface area (Å²) < 4.78 is 37.0. The number of rotatable bonds is 6. The molecule has 1 saturated heterocycles. The molecule has 10 nitrogen and oxygen atoms in total. The number of guanidine groups is 1. The molecule has 1 aliphatic rings. The van der Waals surface area contributed by atoms with Crippen LogP contribution in [0.4, 0.5) is 0 Å². The molecule has 0 aliphatic carbocycles. The minimum Gasteiger partial charge on any atom is -0.444 e. The van der Waals surface area contributed by atoms with Crippen molar-refractivity contribution in [3.8, 4) is 11.5 Å². The van der Waals surface area contributed by atoms with Crippen LogP contribution in [0.2, 0.25) is 0 Å². The summed E-state index contributed by atoms with van der Waals surface area (Å²) in [6, 6.07) is 11.3. The molecule has 0 saturated carbocycles. The first-order valence-corrected chi connectivity index (χ1v) is 11.5. The molecule has 1 aromatic carbocycles. The van der Waals surface area contributed by atoms with Crippen LogP contribution in [-0.2, 0) is 22.3 Å². The van der Waals surface area contributed by atoms with E-state index in [1.807, 2.05) is 35.2 Å². The van der Waals surface area contributed by atoms with Gasteiger partial charge in [-0.05, 0) is 12.1 Å². The predicted molar refractivity (Wildman–Crippen MR) is 130 cm³/mol. The molecule has 4 rings (SSSR count). The molecule has 12 heteroatoms. The van der Waals surface area contributed by atoms with E-state index < -0.39 is 10.0 Å². The van der Waals surface area contributed by atoms with Gasteiger partial charge in [0, 0.05) is 44.9 Å². The Bertz CT molecular complexity index is 1110. The number of nitrogens with one attached hydrogen (secondary N) is 1. The number of piperazine rings is 1. The predicted octanol–water partition coefficient (Wildman–Crippen LogP) is 2.17. The molecule has 3 aromatic rings. The van der Waals surface area contributed by atoms with Gasteiger partial charge >= 0.3 is 0 Å². The smallest absolute Gasteiger partial charge is 0.226 e. The van der Waals surface area contributed by atoms with Crippen molar-refractivity contribution >= 4 is 40.0 Å². The zero-order chi connectivity index (χ0) is 21.7. The molecule has 1 N–H and O–H groups in total. The summed E-state index contributed by atoms with van der Waals surface area (Å²) in [5.41, 5.74) is 2.08. The van der Waals surface area contributed by atoms with E-state index in [1.165, 1.54) is 10.6 Å². The van der Waals surface area contributed by atoms with Crippen molar-refractivity contribution in [2.75, 3.05) is 33.2 Å². The Morgan fingerprint density at radius 3 is 2.53 bits per heavy atom. The minimum absolute atomic E-state index is 0. The van der Waals surface area contributed by atoms with Crippen molar-refractivity contribution < 1.29 is 17.4 Å². The van der Waals surface area contributed by atoms with E-state index in [1.54, 1.807) is 19.4 Å². The van der Waals surface area contributed by atoms with E-state index in [4.69, 9.17) is 8.94 Å². The molecule has 0 amide bonds. The first-order chi connectivity index (χ1) is 15.0. The van der Waals surface area contributed by atoms with Crippen LogP contribution in [0.3, 0.4) is 0 Å². The average molecular weight is 572 g/mol. The fourth-order valence-electron chi connectivity index (χ4n) is 3.37. The highest BCUT2D eigenvalue weighted by molar-refractivity contribution is 14.0. The van der Waals surface area contributed by atoms with Crippen molar-refractivity contribution in [3.63, 3.8) is 0 Å². The Kier molecular flexibility index (Phi) is 8.26. The van der Waals surface area contributed by atoms with E-state index in [0.717, 1.165) is 11.3 Å². The summed E-state index contributed by atoms with van der Waals surface area (Å²) in [5, 5.41) is 6.97. The van der Waals surface area contributed by atoms with Gasteiger partial charge < -0.3 is 19.2 Å². The molecule has 1 fully saturated rings. The maximum Gasteiger partial charge on any atom is 0.226 e. The third-order valence-corrected chi connectivity index (χ3v) is 6.78. The van der Waals surface area contributed by atoms with Crippen LogP contribution in [0, 0.1) is 0 Å². The van der Waals surface area contributed by atoms with E-state index >= 15 is 0 Å². The largest absolute Gasteiger partial charge is 0.444 e. The molecular formula is C20H25IN6O4S. The fourth-order valence-corrected chi connectivity index (χ4v) is 4.80. The first kappa shape index (κ1) is 24.2. The van der Waals surface area contributed by atoms with Crippen LogP contribution in [0.15, 0.2) is 62.9 Å². The number of hydrogen-bond acceptors (Lipinski definition) is 7. The summed E-state index contributed by atoms with van der Waals surface area (Å²) in [5.74, 6) is 1.10. The Hall–Kier alpha value is -2.45. The van der Waals surface area contributed by atoms with E-state index in [9.17, 15) is 8.42 Å². The number of nitrogens with zero attached hydrogens (tertiary/aromatic N) is 5. The second-order valence-corrected chi connectivity index (χ2v) is 9.01. The van der Waals surface area contributed by atoms with E-state index in [0.29, 0.717) is 50.3 Å². The summed E-state index contributed by atoms with van der Waals surface area (Å²) in [6.07, 6.45) is 2.99. The number of aliphatic imine (C=N–C) groups is 1. The van der Waals surface area contributed by atoms with Crippen LogP contribution < -0.4 is 5.32 Å². The van der Waals surface area contributed by atoms with Crippen molar-refractivity contribution in [1.82, 2.24) is 24.7 Å². The van der Waals surface area contributed by atoms with Gasteiger partial charge in [-0.25, -0.2) is 13.4 Å². The van der Waals surface area contributed by atoms with Crippen LogP contribution in [0.25, 0.3) is 11.5 Å². The highest BCUT2D eigenvalue weighted by Crippen LogP contribution is 2.18.